The molecular formula is C32H34N4O5S. The lowest BCUT2D eigenvalue weighted by Gasteiger charge is -2.23. The summed E-state index contributed by atoms with van der Waals surface area (Å²) in [6.45, 7) is 9.58. The molecule has 0 radical (unpaired) electrons. The van der Waals surface area contributed by atoms with Gasteiger partial charge >= 0.3 is 12.1 Å². The Hall–Kier alpha value is -4.57. The topological polar surface area (TPSA) is 123 Å². The zero-order valence-electron chi connectivity index (χ0n) is 24.2. The van der Waals surface area contributed by atoms with Crippen molar-refractivity contribution in [2.45, 2.75) is 51.2 Å². The normalized spacial score (nSPS) is 11.8. The number of aromatic nitrogens is 2. The summed E-state index contributed by atoms with van der Waals surface area (Å²) in [7, 11) is 0. The van der Waals surface area contributed by atoms with E-state index in [4.69, 9.17) is 14.5 Å². The lowest BCUT2D eigenvalue weighted by atomic mass is 10.00. The first kappa shape index (κ1) is 30.4. The van der Waals surface area contributed by atoms with Crippen LogP contribution in [0.15, 0.2) is 83.8 Å². The van der Waals surface area contributed by atoms with Gasteiger partial charge in [-0.1, -0.05) is 54.6 Å². The van der Waals surface area contributed by atoms with Crippen LogP contribution in [0.5, 0.6) is 5.88 Å². The molecule has 1 unspecified atom stereocenters. The Bertz CT molecular complexity index is 1540. The third-order valence-electron chi connectivity index (χ3n) is 6.05. The summed E-state index contributed by atoms with van der Waals surface area (Å²) in [6.07, 6.45) is -1.12. The highest BCUT2D eigenvalue weighted by Crippen LogP contribution is 2.31. The van der Waals surface area contributed by atoms with Gasteiger partial charge in [-0.25, -0.2) is 14.6 Å². The number of amides is 1. The first-order chi connectivity index (χ1) is 20.0. The summed E-state index contributed by atoms with van der Waals surface area (Å²) < 4.78 is 15.0. The van der Waals surface area contributed by atoms with E-state index in [9.17, 15) is 14.7 Å². The van der Waals surface area contributed by atoms with Crippen LogP contribution in [0, 0.1) is 13.8 Å². The lowest BCUT2D eigenvalue weighted by Crippen LogP contribution is -2.36. The van der Waals surface area contributed by atoms with Crippen molar-refractivity contribution in [3.8, 4) is 17.1 Å². The zero-order chi connectivity index (χ0) is 30.3. The summed E-state index contributed by atoms with van der Waals surface area (Å²) in [5.41, 5.74) is 4.08. The summed E-state index contributed by atoms with van der Waals surface area (Å²) in [5.74, 6) is -0.430. The molecule has 4 rings (SSSR count). The summed E-state index contributed by atoms with van der Waals surface area (Å²) >= 11 is 1.19. The van der Waals surface area contributed by atoms with Crippen molar-refractivity contribution >= 4 is 30.0 Å². The Kier molecular flexibility index (Phi) is 9.69. The Labute approximate surface area is 249 Å². The first-order valence-electron chi connectivity index (χ1n) is 13.4. The molecule has 0 saturated carbocycles. The van der Waals surface area contributed by atoms with Crippen molar-refractivity contribution in [2.24, 2.45) is 0 Å². The number of aryl methyl sites for hydroxylation is 2. The molecule has 0 aliphatic heterocycles. The molecule has 4 aromatic rings. The third-order valence-corrected chi connectivity index (χ3v) is 6.82. The SMILES string of the molecule is Cc1cccc(C)c1-c1cc(OC(CNC(=O)OC(C)(C)C)c2ccccc2)nc(NSc2cccc(C(=O)O)c2)n1. The number of nitrogens with one attached hydrogen (secondary N) is 2. The molecule has 0 spiro atoms. The van der Waals surface area contributed by atoms with Gasteiger partial charge in [0.05, 0.1) is 17.8 Å². The van der Waals surface area contributed by atoms with Crippen LogP contribution in [-0.4, -0.2) is 39.3 Å². The quantitative estimate of drug-likeness (QED) is 0.165. The van der Waals surface area contributed by atoms with Gasteiger partial charge in [0.2, 0.25) is 11.8 Å². The number of hydrogen-bond acceptors (Lipinski definition) is 8. The predicted molar refractivity (Wildman–Crippen MR) is 164 cm³/mol. The van der Waals surface area contributed by atoms with E-state index in [1.807, 2.05) is 62.4 Å². The molecule has 0 fully saturated rings. The van der Waals surface area contributed by atoms with Crippen molar-refractivity contribution in [1.29, 1.82) is 0 Å². The van der Waals surface area contributed by atoms with Gasteiger partial charge in [-0.05, 0) is 81.5 Å². The molecule has 3 N–H and O–H groups in total. The highest BCUT2D eigenvalue weighted by molar-refractivity contribution is 8.00. The second-order valence-corrected chi connectivity index (χ2v) is 11.5. The van der Waals surface area contributed by atoms with Crippen LogP contribution in [0.1, 0.15) is 53.9 Å². The number of hydrogen-bond donors (Lipinski definition) is 3. The molecule has 0 aliphatic carbocycles. The van der Waals surface area contributed by atoms with E-state index in [1.54, 1.807) is 45.0 Å². The van der Waals surface area contributed by atoms with Crippen LogP contribution < -0.4 is 14.8 Å². The maximum absolute atomic E-state index is 12.4. The van der Waals surface area contributed by atoms with Gasteiger partial charge in [-0.3, -0.25) is 4.72 Å². The average molecular weight is 587 g/mol. The first-order valence-corrected chi connectivity index (χ1v) is 14.2. The number of nitrogens with zero attached hydrogens (tertiary/aromatic N) is 2. The van der Waals surface area contributed by atoms with Crippen LogP contribution >= 0.6 is 11.9 Å². The average Bonchev–Trinajstić information content (AvgIpc) is 2.94. The number of carboxylic acid groups (broad SMARTS) is 1. The molecule has 1 heterocycles. The van der Waals surface area contributed by atoms with Gasteiger partial charge in [-0.15, -0.1) is 0 Å². The molecule has 1 amide bonds. The fourth-order valence-corrected chi connectivity index (χ4v) is 4.84. The number of alkyl carbamates (subject to hydrolysis) is 1. The fraction of sp³-hybridized carbons (Fsp3) is 0.250. The Morgan fingerprint density at radius 2 is 1.62 bits per heavy atom. The maximum Gasteiger partial charge on any atom is 0.407 e. The predicted octanol–water partition coefficient (Wildman–Crippen LogP) is 7.22. The highest BCUT2D eigenvalue weighted by Gasteiger charge is 2.21. The molecule has 1 aromatic heterocycles. The minimum Gasteiger partial charge on any atom is -0.478 e. The number of aromatic carboxylic acids is 1. The lowest BCUT2D eigenvalue weighted by molar-refractivity contribution is 0.0498. The van der Waals surface area contributed by atoms with Crippen LogP contribution in [0.3, 0.4) is 0 Å². The summed E-state index contributed by atoms with van der Waals surface area (Å²) in [5, 5.41) is 12.2. The van der Waals surface area contributed by atoms with Crippen LogP contribution in [-0.2, 0) is 4.74 Å². The van der Waals surface area contributed by atoms with E-state index in [0.29, 0.717) is 16.5 Å². The molecule has 218 valence electrons. The van der Waals surface area contributed by atoms with Crippen LogP contribution in [0.25, 0.3) is 11.3 Å². The number of carbonyl (C=O) groups excluding carboxylic acids is 1. The van der Waals surface area contributed by atoms with E-state index in [1.165, 1.54) is 18.0 Å². The number of rotatable bonds is 10. The monoisotopic (exact) mass is 586 g/mol. The molecule has 9 nitrogen and oxygen atoms in total. The number of ether oxygens (including phenoxy) is 2. The number of carboxylic acids is 1. The maximum atomic E-state index is 12.4. The van der Waals surface area contributed by atoms with Crippen molar-refractivity contribution < 1.29 is 24.2 Å². The van der Waals surface area contributed by atoms with Gasteiger partial charge in [0.15, 0.2) is 0 Å². The van der Waals surface area contributed by atoms with Crippen LogP contribution in [0.2, 0.25) is 0 Å². The minimum atomic E-state index is -1.01. The van der Waals surface area contributed by atoms with Crippen LogP contribution in [0.4, 0.5) is 10.7 Å². The standard InChI is InChI=1S/C32H34N4O5S/c1-20-11-9-12-21(2)28(20)25-18-27(35-30(34-25)36-42-24-16-10-15-23(17-24)29(37)38)40-26(22-13-7-6-8-14-22)19-33-31(39)41-32(3,4)5/h6-18,26H,19H2,1-5H3,(H,33,39)(H,37,38)(H,34,35,36). The Morgan fingerprint density at radius 1 is 0.929 bits per heavy atom. The summed E-state index contributed by atoms with van der Waals surface area (Å²) in [4.78, 5) is 33.9. The van der Waals surface area contributed by atoms with Gasteiger partial charge < -0.3 is 19.9 Å². The van der Waals surface area contributed by atoms with Crippen molar-refractivity contribution in [1.82, 2.24) is 15.3 Å². The second-order valence-electron chi connectivity index (χ2n) is 10.6. The highest BCUT2D eigenvalue weighted by atomic mass is 32.2. The molecule has 3 aromatic carbocycles. The number of carbonyl (C=O) groups is 2. The molecular weight excluding hydrogens is 552 g/mol. The third kappa shape index (κ3) is 8.47. The van der Waals surface area contributed by atoms with E-state index >= 15 is 0 Å². The number of anilines is 1. The van der Waals surface area contributed by atoms with Gasteiger partial charge in [0, 0.05) is 16.5 Å². The van der Waals surface area contributed by atoms with Gasteiger partial charge in [0.1, 0.15) is 11.7 Å². The minimum absolute atomic E-state index is 0.140. The molecule has 0 bridgehead atoms. The van der Waals surface area contributed by atoms with E-state index in [-0.39, 0.29) is 18.1 Å². The van der Waals surface area contributed by atoms with Gasteiger partial charge in [0.25, 0.3) is 0 Å². The molecule has 10 heteroatoms. The molecule has 0 saturated heterocycles. The zero-order valence-corrected chi connectivity index (χ0v) is 25.0. The van der Waals surface area contributed by atoms with E-state index in [2.05, 4.69) is 15.0 Å². The largest absolute Gasteiger partial charge is 0.478 e. The fourth-order valence-electron chi connectivity index (χ4n) is 4.21. The van der Waals surface area contributed by atoms with E-state index in [0.717, 1.165) is 22.3 Å². The Morgan fingerprint density at radius 3 is 2.29 bits per heavy atom. The van der Waals surface area contributed by atoms with Crippen molar-refractivity contribution in [2.75, 3.05) is 11.3 Å². The molecule has 42 heavy (non-hydrogen) atoms. The Balaban J connectivity index is 1.67. The van der Waals surface area contributed by atoms with Gasteiger partial charge in [-0.2, -0.15) is 4.98 Å². The molecule has 1 atom stereocenters. The molecule has 0 aliphatic rings. The number of benzene rings is 3. The summed E-state index contributed by atoms with van der Waals surface area (Å²) in [6, 6.07) is 23.9. The second kappa shape index (κ2) is 13.4. The smallest absolute Gasteiger partial charge is 0.407 e. The van der Waals surface area contributed by atoms with Crippen molar-refractivity contribution in [3.63, 3.8) is 0 Å². The van der Waals surface area contributed by atoms with Crippen molar-refractivity contribution in [3.05, 3.63) is 101 Å². The van der Waals surface area contributed by atoms with E-state index < -0.39 is 23.8 Å².